The first-order valence-electron chi connectivity index (χ1n) is 21.6. The lowest BCUT2D eigenvalue weighted by molar-refractivity contribution is 0.673. The van der Waals surface area contributed by atoms with E-state index >= 15 is 0 Å². The molecule has 0 saturated heterocycles. The molecule has 2 heterocycles. The van der Waals surface area contributed by atoms with Crippen LogP contribution >= 0.6 is 0 Å². The summed E-state index contributed by atoms with van der Waals surface area (Å²) >= 11 is 0. The zero-order valence-corrected chi connectivity index (χ0v) is 34.2. The zero-order valence-electron chi connectivity index (χ0n) is 34.2. The first-order valence-corrected chi connectivity index (χ1v) is 21.6. The third kappa shape index (κ3) is 5.53. The van der Waals surface area contributed by atoms with Crippen molar-refractivity contribution in [2.75, 3.05) is 4.90 Å². The van der Waals surface area contributed by atoms with Crippen LogP contribution in [0.1, 0.15) is 0 Å². The van der Waals surface area contributed by atoms with Crippen LogP contribution in [0.5, 0.6) is 0 Å². The Morgan fingerprint density at radius 3 is 1.73 bits per heavy atom. The number of hydrogen-bond donors (Lipinski definition) is 0. The summed E-state index contributed by atoms with van der Waals surface area (Å²) < 4.78 is 9.00. The Kier molecular flexibility index (Phi) is 7.91. The van der Waals surface area contributed by atoms with Crippen molar-refractivity contribution in [3.05, 3.63) is 231 Å². The highest BCUT2D eigenvalue weighted by molar-refractivity contribution is 6.19. The van der Waals surface area contributed by atoms with Crippen molar-refractivity contribution < 1.29 is 4.42 Å². The quantitative estimate of drug-likeness (QED) is 0.156. The second-order valence-corrected chi connectivity index (χ2v) is 16.4. The normalized spacial score (nSPS) is 11.8. The lowest BCUT2D eigenvalue weighted by Crippen LogP contribution is -2.12. The maximum Gasteiger partial charge on any atom is 0.143 e. The standard InChI is InChI=1S/C60H38N2O/c1-3-18-45-39(14-1)32-36-50-48(45)24-12-25-49(50)51-20-5-8-26-55(51)61(43-16-11-17-44(38-43)62-56-27-9-6-21-52(56)53-22-7-10-28-57(53)62)42-34-30-41(31-35-42)46-23-13-29-58-59(46)54-37-33-40-15-2-4-19-47(40)60(54)63-58/h1-38H. The van der Waals surface area contributed by atoms with Crippen molar-refractivity contribution in [1.29, 1.82) is 0 Å². The van der Waals surface area contributed by atoms with Gasteiger partial charge in [0.25, 0.3) is 0 Å². The Bertz CT molecular complexity index is 3870. The molecule has 0 N–H and O–H groups in total. The van der Waals surface area contributed by atoms with Crippen LogP contribution in [0, 0.1) is 0 Å². The van der Waals surface area contributed by atoms with E-state index in [1.54, 1.807) is 0 Å². The molecule has 3 heteroatoms. The highest BCUT2D eigenvalue weighted by Gasteiger charge is 2.21. The summed E-state index contributed by atoms with van der Waals surface area (Å²) in [4.78, 5) is 2.43. The van der Waals surface area contributed by atoms with Crippen LogP contribution in [-0.2, 0) is 0 Å². The molecule has 0 bridgehead atoms. The SMILES string of the molecule is c1cc(N(c2ccc(-c3cccc4oc5c6ccccc6ccc5c34)cc2)c2ccccc2-c2cccc3c2ccc2ccccc23)cc(-n2c3ccccc3c3ccccc32)c1. The second kappa shape index (κ2) is 14.1. The minimum Gasteiger partial charge on any atom is -0.455 e. The van der Waals surface area contributed by atoms with Crippen molar-refractivity contribution >= 4 is 93.1 Å². The van der Waals surface area contributed by atoms with E-state index in [4.69, 9.17) is 4.42 Å². The molecule has 0 aliphatic rings. The van der Waals surface area contributed by atoms with Gasteiger partial charge in [-0.1, -0.05) is 170 Å². The molecule has 0 fully saturated rings. The summed E-state index contributed by atoms with van der Waals surface area (Å²) in [5.74, 6) is 0. The molecule has 13 aromatic rings. The number of fused-ring (bicyclic) bond motifs is 11. The molecular weight excluding hydrogens is 765 g/mol. The van der Waals surface area contributed by atoms with Crippen molar-refractivity contribution in [3.8, 4) is 27.9 Å². The van der Waals surface area contributed by atoms with Crippen LogP contribution < -0.4 is 4.90 Å². The Balaban J connectivity index is 1.01. The van der Waals surface area contributed by atoms with E-state index < -0.39 is 0 Å². The first kappa shape index (κ1) is 35.4. The van der Waals surface area contributed by atoms with Gasteiger partial charge in [0.05, 0.1) is 16.7 Å². The van der Waals surface area contributed by atoms with Gasteiger partial charge in [-0.3, -0.25) is 0 Å². The van der Waals surface area contributed by atoms with Crippen LogP contribution in [0.4, 0.5) is 17.1 Å². The third-order valence-electron chi connectivity index (χ3n) is 13.0. The highest BCUT2D eigenvalue weighted by Crippen LogP contribution is 2.46. The number of anilines is 3. The van der Waals surface area contributed by atoms with Crippen molar-refractivity contribution in [2.45, 2.75) is 0 Å². The number of hydrogen-bond acceptors (Lipinski definition) is 2. The van der Waals surface area contributed by atoms with Gasteiger partial charge in [0, 0.05) is 49.6 Å². The largest absolute Gasteiger partial charge is 0.455 e. The molecule has 2 aromatic heterocycles. The van der Waals surface area contributed by atoms with E-state index in [9.17, 15) is 0 Å². The molecule has 0 amide bonds. The van der Waals surface area contributed by atoms with Crippen LogP contribution in [0.25, 0.3) is 104 Å². The van der Waals surface area contributed by atoms with E-state index in [0.717, 1.165) is 66.8 Å². The van der Waals surface area contributed by atoms with E-state index in [1.165, 1.54) is 54.3 Å². The number of rotatable bonds is 6. The van der Waals surface area contributed by atoms with Crippen LogP contribution in [0.3, 0.4) is 0 Å². The second-order valence-electron chi connectivity index (χ2n) is 16.4. The summed E-state index contributed by atoms with van der Waals surface area (Å²) in [6.45, 7) is 0. The highest BCUT2D eigenvalue weighted by atomic mass is 16.3. The fourth-order valence-corrected chi connectivity index (χ4v) is 10.2. The number of para-hydroxylation sites is 3. The summed E-state index contributed by atoms with van der Waals surface area (Å²) in [5.41, 5.74) is 13.2. The third-order valence-corrected chi connectivity index (χ3v) is 13.0. The lowest BCUT2D eigenvalue weighted by atomic mass is 9.93. The number of nitrogens with zero attached hydrogens (tertiary/aromatic N) is 2. The molecule has 63 heavy (non-hydrogen) atoms. The van der Waals surface area contributed by atoms with Gasteiger partial charge in [0.2, 0.25) is 0 Å². The summed E-state index contributed by atoms with van der Waals surface area (Å²) in [7, 11) is 0. The van der Waals surface area contributed by atoms with Crippen molar-refractivity contribution in [2.24, 2.45) is 0 Å². The van der Waals surface area contributed by atoms with Crippen LogP contribution in [0.2, 0.25) is 0 Å². The number of furan rings is 1. The predicted molar refractivity (Wildman–Crippen MR) is 266 cm³/mol. The van der Waals surface area contributed by atoms with Crippen LogP contribution in [0.15, 0.2) is 235 Å². The van der Waals surface area contributed by atoms with E-state index in [-0.39, 0.29) is 0 Å². The average molecular weight is 803 g/mol. The van der Waals surface area contributed by atoms with Gasteiger partial charge in [-0.05, 0) is 104 Å². The van der Waals surface area contributed by atoms with E-state index in [1.807, 2.05) is 0 Å². The first-order chi connectivity index (χ1) is 31.3. The monoisotopic (exact) mass is 802 g/mol. The fourth-order valence-electron chi connectivity index (χ4n) is 10.2. The maximum absolute atomic E-state index is 6.60. The van der Waals surface area contributed by atoms with E-state index in [2.05, 4.69) is 240 Å². The molecule has 0 unspecified atom stereocenters. The molecule has 0 radical (unpaired) electrons. The minimum absolute atomic E-state index is 0.892. The van der Waals surface area contributed by atoms with Gasteiger partial charge >= 0.3 is 0 Å². The van der Waals surface area contributed by atoms with Gasteiger partial charge in [0.15, 0.2) is 0 Å². The van der Waals surface area contributed by atoms with E-state index in [0.29, 0.717) is 0 Å². The molecule has 13 rings (SSSR count). The molecule has 0 aliphatic carbocycles. The Morgan fingerprint density at radius 2 is 0.937 bits per heavy atom. The molecule has 294 valence electrons. The number of aromatic nitrogens is 1. The molecule has 0 atom stereocenters. The summed E-state index contributed by atoms with van der Waals surface area (Å²) in [6, 6.07) is 83.6. The molecule has 3 nitrogen and oxygen atoms in total. The molecule has 0 saturated carbocycles. The molecule has 0 spiro atoms. The topological polar surface area (TPSA) is 21.3 Å². The van der Waals surface area contributed by atoms with Crippen LogP contribution in [-0.4, -0.2) is 4.57 Å². The Morgan fingerprint density at radius 1 is 0.349 bits per heavy atom. The summed E-state index contributed by atoms with van der Waals surface area (Å²) in [6.07, 6.45) is 0. The maximum atomic E-state index is 6.60. The lowest BCUT2D eigenvalue weighted by Gasteiger charge is -2.29. The Hall–Kier alpha value is -8.40. The minimum atomic E-state index is 0.892. The fraction of sp³-hybridized carbons (Fsp3) is 0. The van der Waals surface area contributed by atoms with Crippen molar-refractivity contribution in [3.63, 3.8) is 0 Å². The predicted octanol–water partition coefficient (Wildman–Crippen LogP) is 16.9. The van der Waals surface area contributed by atoms with Gasteiger partial charge in [-0.2, -0.15) is 0 Å². The summed E-state index contributed by atoms with van der Waals surface area (Å²) in [5, 5.41) is 12.0. The molecular formula is C60H38N2O. The molecule has 11 aromatic carbocycles. The zero-order chi connectivity index (χ0) is 41.4. The Labute approximate surface area is 363 Å². The van der Waals surface area contributed by atoms with Gasteiger partial charge in [0.1, 0.15) is 11.2 Å². The molecule has 0 aliphatic heterocycles. The van der Waals surface area contributed by atoms with Gasteiger partial charge < -0.3 is 13.9 Å². The van der Waals surface area contributed by atoms with Gasteiger partial charge in [-0.25, -0.2) is 0 Å². The average Bonchev–Trinajstić information content (AvgIpc) is 3.91. The smallest absolute Gasteiger partial charge is 0.143 e. The number of benzene rings is 11. The van der Waals surface area contributed by atoms with Gasteiger partial charge in [-0.15, -0.1) is 0 Å². The van der Waals surface area contributed by atoms with Crippen molar-refractivity contribution in [1.82, 2.24) is 4.57 Å².